The van der Waals surface area contributed by atoms with Crippen LogP contribution in [0.3, 0.4) is 0 Å². The number of aliphatic carboxylic acids is 1. The zero-order valence-electron chi connectivity index (χ0n) is 9.21. The predicted octanol–water partition coefficient (Wildman–Crippen LogP) is 1.98. The molecule has 0 aliphatic heterocycles. The average Bonchev–Trinajstić information content (AvgIpc) is 2.77. The van der Waals surface area contributed by atoms with Crippen LogP contribution in [-0.4, -0.2) is 23.2 Å². The van der Waals surface area contributed by atoms with E-state index in [4.69, 9.17) is 14.3 Å². The number of carboxylic acid groups (broad SMARTS) is 1. The van der Waals surface area contributed by atoms with Gasteiger partial charge in [-0.15, -0.1) is 0 Å². The van der Waals surface area contributed by atoms with Gasteiger partial charge in [0, 0.05) is 5.56 Å². The lowest BCUT2D eigenvalue weighted by molar-refractivity contribution is -0.136. The first-order valence-electron chi connectivity index (χ1n) is 4.99. The molecule has 1 N–H and O–H groups in total. The molecule has 5 heteroatoms. The van der Waals surface area contributed by atoms with Gasteiger partial charge in [-0.05, 0) is 24.3 Å². The van der Waals surface area contributed by atoms with Crippen LogP contribution in [-0.2, 0) is 11.2 Å². The van der Waals surface area contributed by atoms with Gasteiger partial charge in [-0.3, -0.25) is 4.79 Å². The quantitative estimate of drug-likeness (QED) is 0.874. The summed E-state index contributed by atoms with van der Waals surface area (Å²) >= 11 is 0. The van der Waals surface area contributed by atoms with Crippen molar-refractivity contribution in [2.24, 2.45) is 0 Å². The molecule has 88 valence electrons. The van der Waals surface area contributed by atoms with E-state index in [1.54, 1.807) is 19.2 Å². The van der Waals surface area contributed by atoms with Crippen LogP contribution in [0.2, 0.25) is 0 Å². The summed E-state index contributed by atoms with van der Waals surface area (Å²) in [7, 11) is 1.59. The highest BCUT2D eigenvalue weighted by atomic mass is 16.5. The maximum Gasteiger partial charge on any atom is 0.312 e. The van der Waals surface area contributed by atoms with Crippen LogP contribution in [0.4, 0.5) is 0 Å². The minimum absolute atomic E-state index is 0.198. The van der Waals surface area contributed by atoms with Gasteiger partial charge < -0.3 is 14.3 Å². The molecule has 1 heterocycles. The van der Waals surface area contributed by atoms with E-state index in [2.05, 4.69) is 4.98 Å². The summed E-state index contributed by atoms with van der Waals surface area (Å²) in [5.41, 5.74) is 1.47. The van der Waals surface area contributed by atoms with E-state index in [0.29, 0.717) is 5.69 Å². The minimum Gasteiger partial charge on any atom is -0.497 e. The van der Waals surface area contributed by atoms with Crippen LogP contribution < -0.4 is 4.74 Å². The molecule has 0 aliphatic rings. The molecule has 0 amide bonds. The maximum atomic E-state index is 10.5. The van der Waals surface area contributed by atoms with Crippen molar-refractivity contribution in [3.8, 4) is 17.0 Å². The molecule has 17 heavy (non-hydrogen) atoms. The number of carbonyl (C=O) groups is 1. The molecule has 0 bridgehead atoms. The van der Waals surface area contributed by atoms with Gasteiger partial charge in [0.15, 0.2) is 0 Å². The number of ether oxygens (including phenoxy) is 1. The van der Waals surface area contributed by atoms with Crippen molar-refractivity contribution < 1.29 is 19.1 Å². The standard InChI is InChI=1S/C12H11NO4/c1-16-9-4-2-8(3-5-9)10-7-17-11(13-10)6-12(14)15/h2-5,7H,6H2,1H3,(H,14,15). The lowest BCUT2D eigenvalue weighted by Gasteiger charge is -1.99. The second-order valence-corrected chi connectivity index (χ2v) is 3.43. The summed E-state index contributed by atoms with van der Waals surface area (Å²) in [6.45, 7) is 0. The van der Waals surface area contributed by atoms with Gasteiger partial charge in [0.1, 0.15) is 24.1 Å². The first-order valence-corrected chi connectivity index (χ1v) is 4.99. The molecule has 0 saturated carbocycles. The lowest BCUT2D eigenvalue weighted by Crippen LogP contribution is -1.99. The van der Waals surface area contributed by atoms with Crippen molar-refractivity contribution in [1.29, 1.82) is 0 Å². The number of hydrogen-bond acceptors (Lipinski definition) is 4. The van der Waals surface area contributed by atoms with Gasteiger partial charge in [-0.25, -0.2) is 4.98 Å². The predicted molar refractivity (Wildman–Crippen MR) is 59.8 cm³/mol. The smallest absolute Gasteiger partial charge is 0.312 e. The van der Waals surface area contributed by atoms with Crippen LogP contribution in [0.1, 0.15) is 5.89 Å². The van der Waals surface area contributed by atoms with E-state index in [0.717, 1.165) is 11.3 Å². The molecule has 0 radical (unpaired) electrons. The zero-order chi connectivity index (χ0) is 12.3. The van der Waals surface area contributed by atoms with Crippen molar-refractivity contribution >= 4 is 5.97 Å². The topological polar surface area (TPSA) is 72.6 Å². The Labute approximate surface area is 97.7 Å². The maximum absolute atomic E-state index is 10.5. The number of hydrogen-bond donors (Lipinski definition) is 1. The SMILES string of the molecule is COc1ccc(-c2coc(CC(=O)O)n2)cc1. The summed E-state index contributed by atoms with van der Waals surface area (Å²) in [5.74, 6) is -0.0144. The fraction of sp³-hybridized carbons (Fsp3) is 0.167. The zero-order valence-corrected chi connectivity index (χ0v) is 9.21. The Morgan fingerprint density at radius 2 is 2.12 bits per heavy atom. The molecule has 1 aromatic carbocycles. The third-order valence-electron chi connectivity index (χ3n) is 2.24. The van der Waals surface area contributed by atoms with Crippen molar-refractivity contribution in [1.82, 2.24) is 4.98 Å². The molecule has 2 rings (SSSR count). The highest BCUT2D eigenvalue weighted by molar-refractivity contribution is 5.69. The fourth-order valence-corrected chi connectivity index (χ4v) is 1.42. The molecule has 0 fully saturated rings. The van der Waals surface area contributed by atoms with E-state index in [1.165, 1.54) is 6.26 Å². The van der Waals surface area contributed by atoms with E-state index >= 15 is 0 Å². The molecule has 0 saturated heterocycles. The Bertz CT molecular complexity index is 516. The van der Waals surface area contributed by atoms with E-state index in [-0.39, 0.29) is 12.3 Å². The summed E-state index contributed by atoms with van der Waals surface area (Å²) in [6.07, 6.45) is 1.23. The van der Waals surface area contributed by atoms with Gasteiger partial charge >= 0.3 is 5.97 Å². The first kappa shape index (κ1) is 11.2. The largest absolute Gasteiger partial charge is 0.497 e. The molecule has 5 nitrogen and oxygen atoms in total. The number of carboxylic acids is 1. The summed E-state index contributed by atoms with van der Waals surface area (Å²) in [4.78, 5) is 14.6. The first-order chi connectivity index (χ1) is 8.19. The third-order valence-corrected chi connectivity index (χ3v) is 2.24. The average molecular weight is 233 g/mol. The monoisotopic (exact) mass is 233 g/mol. The Morgan fingerprint density at radius 1 is 1.41 bits per heavy atom. The normalized spacial score (nSPS) is 10.2. The van der Waals surface area contributed by atoms with Gasteiger partial charge in [0.2, 0.25) is 5.89 Å². The summed E-state index contributed by atoms with van der Waals surface area (Å²) in [5, 5.41) is 8.60. The number of methoxy groups -OCH3 is 1. The molecule has 2 aromatic rings. The van der Waals surface area contributed by atoms with Crippen LogP contribution >= 0.6 is 0 Å². The Kier molecular flexibility index (Phi) is 3.09. The Balaban J connectivity index is 2.21. The number of rotatable bonds is 4. The third kappa shape index (κ3) is 2.63. The summed E-state index contributed by atoms with van der Waals surface area (Å²) < 4.78 is 10.1. The van der Waals surface area contributed by atoms with Gasteiger partial charge in [-0.2, -0.15) is 0 Å². The molecule has 0 atom stereocenters. The van der Waals surface area contributed by atoms with Gasteiger partial charge in [0.05, 0.1) is 7.11 Å². The Hall–Kier alpha value is -2.30. The lowest BCUT2D eigenvalue weighted by atomic mass is 10.2. The second kappa shape index (κ2) is 4.69. The number of oxazole rings is 1. The fourth-order valence-electron chi connectivity index (χ4n) is 1.42. The molecular formula is C12H11NO4. The summed E-state index contributed by atoms with van der Waals surface area (Å²) in [6, 6.07) is 7.28. The van der Waals surface area contributed by atoms with Crippen molar-refractivity contribution in [2.75, 3.05) is 7.11 Å². The van der Waals surface area contributed by atoms with Crippen molar-refractivity contribution in [2.45, 2.75) is 6.42 Å². The van der Waals surface area contributed by atoms with Crippen LogP contribution in [0, 0.1) is 0 Å². The molecule has 0 spiro atoms. The van der Waals surface area contributed by atoms with Crippen LogP contribution in [0.15, 0.2) is 34.9 Å². The molecule has 0 unspecified atom stereocenters. The minimum atomic E-state index is -0.965. The van der Waals surface area contributed by atoms with Crippen molar-refractivity contribution in [3.63, 3.8) is 0 Å². The van der Waals surface area contributed by atoms with Crippen molar-refractivity contribution in [3.05, 3.63) is 36.4 Å². The molecular weight excluding hydrogens is 222 g/mol. The number of nitrogens with zero attached hydrogens (tertiary/aromatic N) is 1. The highest BCUT2D eigenvalue weighted by Gasteiger charge is 2.09. The number of benzene rings is 1. The van der Waals surface area contributed by atoms with Gasteiger partial charge in [-0.1, -0.05) is 0 Å². The van der Waals surface area contributed by atoms with E-state index in [1.807, 2.05) is 12.1 Å². The second-order valence-electron chi connectivity index (χ2n) is 3.43. The van der Waals surface area contributed by atoms with E-state index < -0.39 is 5.97 Å². The molecule has 1 aromatic heterocycles. The van der Waals surface area contributed by atoms with Crippen LogP contribution in [0.25, 0.3) is 11.3 Å². The van der Waals surface area contributed by atoms with Gasteiger partial charge in [0.25, 0.3) is 0 Å². The van der Waals surface area contributed by atoms with E-state index in [9.17, 15) is 4.79 Å². The highest BCUT2D eigenvalue weighted by Crippen LogP contribution is 2.21. The number of aromatic nitrogens is 1. The molecule has 0 aliphatic carbocycles. The van der Waals surface area contributed by atoms with Crippen LogP contribution in [0.5, 0.6) is 5.75 Å². The Morgan fingerprint density at radius 3 is 2.71 bits per heavy atom.